The molecule has 10 nitrogen and oxygen atoms in total. The number of anilines is 1. The number of hydrogen-bond acceptors (Lipinski definition) is 7. The predicted molar refractivity (Wildman–Crippen MR) is 125 cm³/mol. The van der Waals surface area contributed by atoms with Gasteiger partial charge in [-0.2, -0.15) is 10.2 Å². The lowest BCUT2D eigenvalue weighted by atomic mass is 9.98. The van der Waals surface area contributed by atoms with Gasteiger partial charge in [-0.1, -0.05) is 0 Å². The summed E-state index contributed by atoms with van der Waals surface area (Å²) in [6.45, 7) is 6.90. The molecule has 1 saturated heterocycles. The monoisotopic (exact) mass is 462 g/mol. The largest absolute Gasteiger partial charge is 0.378 e. The Hall–Kier alpha value is -3.27. The second kappa shape index (κ2) is 7.90. The van der Waals surface area contributed by atoms with E-state index in [1.165, 1.54) is 18.4 Å². The van der Waals surface area contributed by atoms with E-state index in [-0.39, 0.29) is 18.6 Å². The quantitative estimate of drug-likeness (QED) is 0.553. The minimum atomic E-state index is -0.154. The first-order valence-electron chi connectivity index (χ1n) is 11.9. The molecule has 34 heavy (non-hydrogen) atoms. The standard InChI is InChI=1S/C24H30N8O2/c1-14-16(8-25-23(26-14)31-12-24(13-31)6-7-24)9-32-10-18(20(30-32)11-34-3)22(33)27-19-5-4-17-15(2)28-29-21(17)19/h8,10,19H,4-7,9,11-13H2,1-3H3,(H,27,33)(H,28,29)/t19-/m1/s1. The summed E-state index contributed by atoms with van der Waals surface area (Å²) in [7, 11) is 1.61. The molecular weight excluding hydrogens is 432 g/mol. The van der Waals surface area contributed by atoms with Crippen LogP contribution in [0.2, 0.25) is 0 Å². The summed E-state index contributed by atoms with van der Waals surface area (Å²) in [6.07, 6.45) is 8.13. The molecule has 2 N–H and O–H groups in total. The summed E-state index contributed by atoms with van der Waals surface area (Å²) in [6, 6.07) is -0.0677. The Bertz CT molecular complexity index is 1250. The van der Waals surface area contributed by atoms with Crippen LogP contribution in [0.1, 0.15) is 69.6 Å². The second-order valence-electron chi connectivity index (χ2n) is 10.0. The Kier molecular flexibility index (Phi) is 4.94. The molecule has 10 heteroatoms. The topological polar surface area (TPSA) is 114 Å². The van der Waals surface area contributed by atoms with Crippen molar-refractivity contribution in [1.82, 2.24) is 35.3 Å². The zero-order chi connectivity index (χ0) is 23.4. The van der Waals surface area contributed by atoms with Crippen LogP contribution in [-0.4, -0.2) is 56.1 Å². The van der Waals surface area contributed by atoms with Crippen molar-refractivity contribution < 1.29 is 9.53 Å². The molecule has 1 saturated carbocycles. The average molecular weight is 463 g/mol. The summed E-state index contributed by atoms with van der Waals surface area (Å²) in [5, 5.41) is 15.1. The number of rotatable bonds is 7. The molecule has 2 fully saturated rings. The van der Waals surface area contributed by atoms with Gasteiger partial charge in [0.05, 0.1) is 36.1 Å². The van der Waals surface area contributed by atoms with Crippen LogP contribution in [-0.2, 0) is 24.3 Å². The fourth-order valence-electron chi connectivity index (χ4n) is 5.23. The van der Waals surface area contributed by atoms with E-state index < -0.39 is 0 Å². The van der Waals surface area contributed by atoms with Gasteiger partial charge in [-0.05, 0) is 45.1 Å². The van der Waals surface area contributed by atoms with Gasteiger partial charge in [0.25, 0.3) is 5.91 Å². The van der Waals surface area contributed by atoms with Crippen molar-refractivity contribution >= 4 is 11.9 Å². The van der Waals surface area contributed by atoms with Crippen molar-refractivity contribution in [3.8, 4) is 0 Å². The molecule has 6 rings (SSSR count). The van der Waals surface area contributed by atoms with E-state index in [1.54, 1.807) is 18.0 Å². The van der Waals surface area contributed by atoms with Crippen molar-refractivity contribution in [2.24, 2.45) is 5.41 Å². The number of aryl methyl sites for hydroxylation is 2. The number of aromatic amines is 1. The van der Waals surface area contributed by atoms with Crippen LogP contribution in [0, 0.1) is 19.3 Å². The van der Waals surface area contributed by atoms with Crippen LogP contribution in [0.3, 0.4) is 0 Å². The van der Waals surface area contributed by atoms with E-state index in [4.69, 9.17) is 9.72 Å². The number of fused-ring (bicyclic) bond motifs is 1. The Morgan fingerprint density at radius 3 is 2.85 bits per heavy atom. The number of nitrogens with one attached hydrogen (secondary N) is 2. The number of ether oxygens (including phenoxy) is 1. The summed E-state index contributed by atoms with van der Waals surface area (Å²) in [4.78, 5) is 24.8. The van der Waals surface area contributed by atoms with Crippen molar-refractivity contribution in [3.63, 3.8) is 0 Å². The summed E-state index contributed by atoms with van der Waals surface area (Å²) in [5.74, 6) is 0.655. The van der Waals surface area contributed by atoms with Gasteiger partial charge in [0.2, 0.25) is 5.95 Å². The van der Waals surface area contributed by atoms with E-state index in [9.17, 15) is 4.79 Å². The highest BCUT2D eigenvalue weighted by Gasteiger charge is 2.53. The molecule has 0 unspecified atom stereocenters. The fraction of sp³-hybridized carbons (Fsp3) is 0.542. The Balaban J connectivity index is 1.17. The minimum Gasteiger partial charge on any atom is -0.378 e. The summed E-state index contributed by atoms with van der Waals surface area (Å²) in [5.41, 5.74) is 6.85. The number of methoxy groups -OCH3 is 1. The zero-order valence-electron chi connectivity index (χ0n) is 19.9. The van der Waals surface area contributed by atoms with E-state index in [2.05, 4.69) is 30.5 Å². The molecule has 2 aliphatic carbocycles. The predicted octanol–water partition coefficient (Wildman–Crippen LogP) is 2.23. The molecule has 1 aliphatic heterocycles. The lowest BCUT2D eigenvalue weighted by Gasteiger charge is -2.40. The number of aromatic nitrogens is 6. The van der Waals surface area contributed by atoms with Gasteiger partial charge >= 0.3 is 0 Å². The number of amides is 1. The van der Waals surface area contributed by atoms with E-state index in [0.29, 0.717) is 23.2 Å². The molecule has 0 aromatic carbocycles. The number of carbonyl (C=O) groups is 1. The lowest BCUT2D eigenvalue weighted by molar-refractivity contribution is 0.0931. The minimum absolute atomic E-state index is 0.0677. The second-order valence-corrected chi connectivity index (χ2v) is 10.0. The summed E-state index contributed by atoms with van der Waals surface area (Å²) >= 11 is 0. The summed E-state index contributed by atoms with van der Waals surface area (Å²) < 4.78 is 7.09. The Morgan fingerprint density at radius 1 is 1.29 bits per heavy atom. The van der Waals surface area contributed by atoms with Crippen molar-refractivity contribution in [1.29, 1.82) is 0 Å². The molecule has 0 bridgehead atoms. The van der Waals surface area contributed by atoms with Gasteiger partial charge < -0.3 is 15.0 Å². The Morgan fingerprint density at radius 2 is 2.12 bits per heavy atom. The van der Waals surface area contributed by atoms with Crippen molar-refractivity contribution in [2.45, 2.75) is 58.7 Å². The highest BCUT2D eigenvalue weighted by atomic mass is 16.5. The molecule has 4 heterocycles. The third kappa shape index (κ3) is 3.66. The molecule has 178 valence electrons. The van der Waals surface area contributed by atoms with E-state index in [0.717, 1.165) is 54.5 Å². The maximum atomic E-state index is 13.2. The maximum absolute atomic E-state index is 13.2. The van der Waals surface area contributed by atoms with Gasteiger partial charge in [-0.15, -0.1) is 0 Å². The maximum Gasteiger partial charge on any atom is 0.255 e. The lowest BCUT2D eigenvalue weighted by Crippen LogP contribution is -2.49. The Labute approximate surface area is 198 Å². The molecule has 3 aliphatic rings. The smallest absolute Gasteiger partial charge is 0.255 e. The van der Waals surface area contributed by atoms with Crippen LogP contribution in [0.15, 0.2) is 12.4 Å². The van der Waals surface area contributed by atoms with Gasteiger partial charge in [0.15, 0.2) is 0 Å². The molecule has 1 atom stereocenters. The molecule has 1 amide bonds. The molecule has 3 aromatic heterocycles. The van der Waals surface area contributed by atoms with E-state index >= 15 is 0 Å². The molecular formula is C24H30N8O2. The number of H-pyrrole nitrogens is 1. The van der Waals surface area contributed by atoms with Crippen LogP contribution >= 0.6 is 0 Å². The first kappa shape index (κ1) is 21.3. The molecule has 3 aromatic rings. The fourth-order valence-corrected chi connectivity index (χ4v) is 5.23. The third-order valence-electron chi connectivity index (χ3n) is 7.50. The number of hydrogen-bond donors (Lipinski definition) is 2. The normalized spacial score (nSPS) is 19.9. The van der Waals surface area contributed by atoms with Crippen LogP contribution in [0.5, 0.6) is 0 Å². The number of carbonyl (C=O) groups excluding carboxylic acids is 1. The van der Waals surface area contributed by atoms with Gasteiger partial charge in [-0.25, -0.2) is 9.97 Å². The van der Waals surface area contributed by atoms with Gasteiger partial charge in [0, 0.05) is 49.3 Å². The molecule has 0 radical (unpaired) electrons. The number of nitrogens with zero attached hydrogens (tertiary/aromatic N) is 6. The average Bonchev–Trinajstić information content (AvgIpc) is 3.15. The van der Waals surface area contributed by atoms with Gasteiger partial charge in [-0.3, -0.25) is 14.6 Å². The first-order chi connectivity index (χ1) is 16.4. The van der Waals surface area contributed by atoms with Crippen molar-refractivity contribution in [3.05, 3.63) is 51.9 Å². The molecule has 1 spiro atoms. The van der Waals surface area contributed by atoms with Crippen LogP contribution < -0.4 is 10.2 Å². The zero-order valence-corrected chi connectivity index (χ0v) is 19.9. The highest BCUT2D eigenvalue weighted by Crippen LogP contribution is 2.53. The van der Waals surface area contributed by atoms with Crippen molar-refractivity contribution in [2.75, 3.05) is 25.1 Å². The van der Waals surface area contributed by atoms with Crippen LogP contribution in [0.25, 0.3) is 0 Å². The van der Waals surface area contributed by atoms with E-state index in [1.807, 2.05) is 20.0 Å². The highest BCUT2D eigenvalue weighted by molar-refractivity contribution is 5.95. The first-order valence-corrected chi connectivity index (χ1v) is 11.9. The third-order valence-corrected chi connectivity index (χ3v) is 7.50. The van der Waals surface area contributed by atoms with Gasteiger partial charge in [0.1, 0.15) is 5.69 Å². The SMILES string of the molecule is COCc1nn(Cc2cnc(N3CC4(CC4)C3)nc2C)cc1C(=O)N[C@@H]1CCc2c(C)n[nH]c21. The van der Waals surface area contributed by atoms with Crippen LogP contribution in [0.4, 0.5) is 5.95 Å².